The van der Waals surface area contributed by atoms with Gasteiger partial charge in [-0.1, -0.05) is 12.1 Å². The summed E-state index contributed by atoms with van der Waals surface area (Å²) in [6, 6.07) is 6.93. The van der Waals surface area contributed by atoms with Crippen LogP contribution in [0.25, 0.3) is 0 Å². The van der Waals surface area contributed by atoms with Crippen LogP contribution in [0.4, 0.5) is 0 Å². The molecule has 2 N–H and O–H groups in total. The molecule has 1 saturated heterocycles. The summed E-state index contributed by atoms with van der Waals surface area (Å²) < 4.78 is 37.9. The molecule has 1 heterocycles. The highest BCUT2D eigenvalue weighted by Crippen LogP contribution is 2.20. The van der Waals surface area contributed by atoms with Crippen LogP contribution >= 0.6 is 0 Å². The number of hydrogen-bond donors (Lipinski definition) is 2. The molecular formula is C16H26N2O4S. The van der Waals surface area contributed by atoms with Crippen LogP contribution in [0, 0.1) is 0 Å². The van der Waals surface area contributed by atoms with Gasteiger partial charge in [0.05, 0.1) is 23.6 Å². The minimum absolute atomic E-state index is 0.282. The third-order valence-electron chi connectivity index (χ3n) is 4.18. The van der Waals surface area contributed by atoms with Gasteiger partial charge in [0.15, 0.2) is 0 Å². The third-order valence-corrected chi connectivity index (χ3v) is 5.60. The van der Waals surface area contributed by atoms with Crippen LogP contribution in [-0.2, 0) is 25.9 Å². The van der Waals surface area contributed by atoms with E-state index in [1.54, 1.807) is 26.4 Å². The van der Waals surface area contributed by atoms with Gasteiger partial charge in [-0.2, -0.15) is 0 Å². The first-order chi connectivity index (χ1) is 11.0. The van der Waals surface area contributed by atoms with Crippen molar-refractivity contribution in [1.29, 1.82) is 0 Å². The molecule has 0 bridgehead atoms. The maximum Gasteiger partial charge on any atom is 0.240 e. The van der Waals surface area contributed by atoms with Gasteiger partial charge in [0, 0.05) is 20.8 Å². The van der Waals surface area contributed by atoms with E-state index in [0.29, 0.717) is 19.8 Å². The molecule has 130 valence electrons. The zero-order valence-electron chi connectivity index (χ0n) is 13.8. The van der Waals surface area contributed by atoms with E-state index in [9.17, 15) is 8.42 Å². The van der Waals surface area contributed by atoms with Crippen molar-refractivity contribution in [1.82, 2.24) is 10.0 Å². The van der Waals surface area contributed by atoms with E-state index in [1.165, 1.54) is 0 Å². The summed E-state index contributed by atoms with van der Waals surface area (Å²) in [5, 5.41) is 3.36. The lowest BCUT2D eigenvalue weighted by Gasteiger charge is -2.28. The van der Waals surface area contributed by atoms with Crippen molar-refractivity contribution >= 4 is 10.0 Å². The molecule has 1 aromatic rings. The number of benzene rings is 1. The van der Waals surface area contributed by atoms with Crippen LogP contribution in [0.15, 0.2) is 29.2 Å². The van der Waals surface area contributed by atoms with Crippen LogP contribution < -0.4 is 10.0 Å². The molecule has 1 fully saturated rings. The molecule has 0 spiro atoms. The van der Waals surface area contributed by atoms with Crippen molar-refractivity contribution in [2.75, 3.05) is 40.5 Å². The Balaban J connectivity index is 2.00. The third kappa shape index (κ3) is 4.99. The van der Waals surface area contributed by atoms with E-state index in [1.807, 2.05) is 12.1 Å². The number of sulfonamides is 1. The van der Waals surface area contributed by atoms with Crippen LogP contribution in [0.3, 0.4) is 0 Å². The fraction of sp³-hybridized carbons (Fsp3) is 0.625. The number of rotatable bonds is 9. The molecule has 7 heteroatoms. The van der Waals surface area contributed by atoms with Crippen LogP contribution in [-0.4, -0.2) is 54.5 Å². The lowest BCUT2D eigenvalue weighted by molar-refractivity contribution is 0.122. The Morgan fingerprint density at radius 2 is 1.96 bits per heavy atom. The summed E-state index contributed by atoms with van der Waals surface area (Å²) >= 11 is 0. The predicted molar refractivity (Wildman–Crippen MR) is 89.1 cm³/mol. The highest BCUT2D eigenvalue weighted by atomic mass is 32.2. The lowest BCUT2D eigenvalue weighted by Crippen LogP contribution is -2.52. The number of nitrogens with one attached hydrogen (secondary N) is 2. The van der Waals surface area contributed by atoms with Gasteiger partial charge in [0.1, 0.15) is 0 Å². The molecule has 1 atom stereocenters. The molecule has 0 aliphatic carbocycles. The first-order valence-corrected chi connectivity index (χ1v) is 9.31. The minimum Gasteiger partial charge on any atom is -0.384 e. The Morgan fingerprint density at radius 3 is 2.52 bits per heavy atom. The fourth-order valence-corrected chi connectivity index (χ4v) is 3.97. The Hall–Kier alpha value is -0.990. The van der Waals surface area contributed by atoms with Gasteiger partial charge in [0.25, 0.3) is 0 Å². The monoisotopic (exact) mass is 342 g/mol. The minimum atomic E-state index is -3.52. The number of methoxy groups -OCH3 is 2. The zero-order valence-corrected chi connectivity index (χ0v) is 14.6. The van der Waals surface area contributed by atoms with Gasteiger partial charge in [-0.05, 0) is 43.5 Å². The van der Waals surface area contributed by atoms with Crippen LogP contribution in [0.5, 0.6) is 0 Å². The van der Waals surface area contributed by atoms with Gasteiger partial charge in [-0.25, -0.2) is 13.1 Å². The van der Waals surface area contributed by atoms with Crippen molar-refractivity contribution in [3.63, 3.8) is 0 Å². The van der Waals surface area contributed by atoms with Gasteiger partial charge in [0.2, 0.25) is 10.0 Å². The molecule has 1 aromatic carbocycles. The first-order valence-electron chi connectivity index (χ1n) is 7.83. The van der Waals surface area contributed by atoms with Gasteiger partial charge < -0.3 is 14.8 Å². The lowest BCUT2D eigenvalue weighted by atomic mass is 9.99. The van der Waals surface area contributed by atoms with E-state index >= 15 is 0 Å². The molecule has 0 saturated carbocycles. The first kappa shape index (κ1) is 18.4. The Kier molecular flexibility index (Phi) is 6.55. The molecule has 1 aliphatic rings. The summed E-state index contributed by atoms with van der Waals surface area (Å²) in [7, 11) is -0.236. The second kappa shape index (κ2) is 8.21. The molecule has 1 aliphatic heterocycles. The standard InChI is InChI=1S/C16H26N2O4S/c1-21-11-8-14-4-6-15(7-5-14)23(19,20)18-12-16(13-22-2)9-3-10-17-16/h4-7,17-18H,3,8-13H2,1-2H3. The van der Waals surface area contributed by atoms with E-state index in [-0.39, 0.29) is 10.4 Å². The number of ether oxygens (including phenoxy) is 2. The molecule has 23 heavy (non-hydrogen) atoms. The predicted octanol–water partition coefficient (Wildman–Crippen LogP) is 0.922. The molecule has 0 radical (unpaired) electrons. The van der Waals surface area contributed by atoms with Crippen molar-refractivity contribution in [3.8, 4) is 0 Å². The summed E-state index contributed by atoms with van der Waals surface area (Å²) in [6.45, 7) is 2.33. The van der Waals surface area contributed by atoms with Gasteiger partial charge >= 0.3 is 0 Å². The second-order valence-electron chi connectivity index (χ2n) is 5.95. The van der Waals surface area contributed by atoms with Crippen LogP contribution in [0.1, 0.15) is 18.4 Å². The quantitative estimate of drug-likeness (QED) is 0.698. The van der Waals surface area contributed by atoms with E-state index in [2.05, 4.69) is 10.0 Å². The maximum absolute atomic E-state index is 12.5. The molecule has 0 amide bonds. The fourth-order valence-electron chi connectivity index (χ4n) is 2.84. The summed E-state index contributed by atoms with van der Waals surface area (Å²) in [6.07, 6.45) is 2.70. The Morgan fingerprint density at radius 1 is 1.22 bits per heavy atom. The molecule has 0 aromatic heterocycles. The molecule has 2 rings (SSSR count). The Bertz CT molecular complexity index is 581. The number of hydrogen-bond acceptors (Lipinski definition) is 5. The van der Waals surface area contributed by atoms with E-state index < -0.39 is 10.0 Å². The van der Waals surface area contributed by atoms with Crippen molar-refractivity contribution < 1.29 is 17.9 Å². The van der Waals surface area contributed by atoms with E-state index in [4.69, 9.17) is 9.47 Å². The highest BCUT2D eigenvalue weighted by molar-refractivity contribution is 7.89. The molecular weight excluding hydrogens is 316 g/mol. The van der Waals surface area contributed by atoms with Crippen molar-refractivity contribution in [3.05, 3.63) is 29.8 Å². The topological polar surface area (TPSA) is 76.7 Å². The maximum atomic E-state index is 12.5. The van der Waals surface area contributed by atoms with Crippen molar-refractivity contribution in [2.24, 2.45) is 0 Å². The average molecular weight is 342 g/mol. The SMILES string of the molecule is COCCc1ccc(S(=O)(=O)NCC2(COC)CCCN2)cc1. The molecule has 1 unspecified atom stereocenters. The Labute approximate surface area is 138 Å². The normalized spacial score (nSPS) is 21.7. The summed E-state index contributed by atoms with van der Waals surface area (Å²) in [5.41, 5.74) is 0.749. The van der Waals surface area contributed by atoms with Crippen LogP contribution in [0.2, 0.25) is 0 Å². The zero-order chi connectivity index (χ0) is 16.8. The van der Waals surface area contributed by atoms with Gasteiger partial charge in [-0.3, -0.25) is 0 Å². The second-order valence-corrected chi connectivity index (χ2v) is 7.72. The average Bonchev–Trinajstić information content (AvgIpc) is 3.01. The highest BCUT2D eigenvalue weighted by Gasteiger charge is 2.34. The largest absolute Gasteiger partial charge is 0.384 e. The summed E-state index contributed by atoms with van der Waals surface area (Å²) in [5.74, 6) is 0. The molecule has 6 nitrogen and oxygen atoms in total. The summed E-state index contributed by atoms with van der Waals surface area (Å²) in [4.78, 5) is 0.282. The smallest absolute Gasteiger partial charge is 0.240 e. The van der Waals surface area contributed by atoms with Gasteiger partial charge in [-0.15, -0.1) is 0 Å². The van der Waals surface area contributed by atoms with Crippen molar-refractivity contribution in [2.45, 2.75) is 29.7 Å². The van der Waals surface area contributed by atoms with E-state index in [0.717, 1.165) is 31.4 Å².